The van der Waals surface area contributed by atoms with Crippen molar-refractivity contribution >= 4 is 17.5 Å². The number of aromatic nitrogens is 2. The molecule has 2 aliphatic heterocycles. The van der Waals surface area contributed by atoms with Gasteiger partial charge in [-0.3, -0.25) is 14.3 Å². The smallest absolute Gasteiger partial charge is 0.257 e. The number of carbonyl (C=O) groups is 2. The van der Waals surface area contributed by atoms with E-state index in [4.69, 9.17) is 0 Å². The number of hydrogen-bond donors (Lipinski definition) is 1. The van der Waals surface area contributed by atoms with Crippen molar-refractivity contribution in [3.63, 3.8) is 0 Å². The Bertz CT molecular complexity index is 1150. The van der Waals surface area contributed by atoms with Gasteiger partial charge in [0.2, 0.25) is 5.91 Å². The first kappa shape index (κ1) is 19.5. The maximum atomic E-state index is 13.6. The third-order valence-electron chi connectivity index (χ3n) is 7.03. The molecule has 158 valence electrons. The number of carbonyl (C=O) groups excluding carboxylic acids is 2. The topological polar surface area (TPSA) is 67.2 Å². The number of benzene rings is 2. The van der Waals surface area contributed by atoms with Gasteiger partial charge in [-0.15, -0.1) is 0 Å². The SMILES string of the molecule is Cc1c(C(=O)N2CC[C@@]3(C(=O)Nc4ccccc43)[C@@H]2CCc2ccccc2)cnn1C. The molecule has 1 aromatic heterocycles. The maximum absolute atomic E-state index is 13.6. The summed E-state index contributed by atoms with van der Waals surface area (Å²) in [5.41, 5.74) is 3.82. The van der Waals surface area contributed by atoms with E-state index in [0.29, 0.717) is 18.5 Å². The Morgan fingerprint density at radius 3 is 2.65 bits per heavy atom. The van der Waals surface area contributed by atoms with E-state index in [0.717, 1.165) is 29.8 Å². The minimum atomic E-state index is -0.711. The summed E-state index contributed by atoms with van der Waals surface area (Å²) < 4.78 is 1.72. The fourth-order valence-electron chi connectivity index (χ4n) is 5.26. The summed E-state index contributed by atoms with van der Waals surface area (Å²) in [6.07, 6.45) is 3.79. The molecule has 1 saturated heterocycles. The van der Waals surface area contributed by atoms with Crippen molar-refractivity contribution in [1.29, 1.82) is 0 Å². The van der Waals surface area contributed by atoms with E-state index >= 15 is 0 Å². The van der Waals surface area contributed by atoms with Crippen LogP contribution >= 0.6 is 0 Å². The summed E-state index contributed by atoms with van der Waals surface area (Å²) in [7, 11) is 1.84. The molecule has 0 saturated carbocycles. The van der Waals surface area contributed by atoms with Crippen LogP contribution in [0.3, 0.4) is 0 Å². The van der Waals surface area contributed by atoms with E-state index in [1.54, 1.807) is 10.9 Å². The maximum Gasteiger partial charge on any atom is 0.257 e. The second-order valence-corrected chi connectivity index (χ2v) is 8.53. The van der Waals surface area contributed by atoms with Gasteiger partial charge in [-0.2, -0.15) is 5.10 Å². The second-order valence-electron chi connectivity index (χ2n) is 8.53. The van der Waals surface area contributed by atoms with Crippen LogP contribution in [0.15, 0.2) is 60.8 Å². The van der Waals surface area contributed by atoms with Crippen LogP contribution < -0.4 is 5.32 Å². The lowest BCUT2D eigenvalue weighted by Gasteiger charge is -2.34. The molecule has 2 amide bonds. The van der Waals surface area contributed by atoms with Gasteiger partial charge in [-0.25, -0.2) is 0 Å². The predicted octanol–water partition coefficient (Wildman–Crippen LogP) is 3.47. The van der Waals surface area contributed by atoms with Crippen molar-refractivity contribution in [1.82, 2.24) is 14.7 Å². The van der Waals surface area contributed by atoms with Gasteiger partial charge in [0.1, 0.15) is 0 Å². The van der Waals surface area contributed by atoms with Crippen LogP contribution in [0.2, 0.25) is 0 Å². The van der Waals surface area contributed by atoms with Crippen molar-refractivity contribution < 1.29 is 9.59 Å². The molecule has 0 aliphatic carbocycles. The van der Waals surface area contributed by atoms with Crippen LogP contribution in [0.5, 0.6) is 0 Å². The average molecular weight is 415 g/mol. The highest BCUT2D eigenvalue weighted by Gasteiger charge is 2.58. The highest BCUT2D eigenvalue weighted by molar-refractivity contribution is 6.08. The number of hydrogen-bond acceptors (Lipinski definition) is 3. The number of rotatable bonds is 4. The molecule has 1 fully saturated rings. The molecule has 2 aromatic carbocycles. The quantitative estimate of drug-likeness (QED) is 0.711. The number of nitrogens with one attached hydrogen (secondary N) is 1. The Kier molecular flexibility index (Phi) is 4.65. The number of fused-ring (bicyclic) bond motifs is 2. The average Bonchev–Trinajstić information content (AvgIpc) is 3.42. The number of nitrogens with zero attached hydrogens (tertiary/aromatic N) is 3. The number of para-hydroxylation sites is 1. The minimum Gasteiger partial charge on any atom is -0.334 e. The molecule has 0 bridgehead atoms. The molecule has 0 unspecified atom stereocenters. The molecule has 6 heteroatoms. The van der Waals surface area contributed by atoms with Crippen LogP contribution in [0.1, 0.15) is 40.0 Å². The van der Waals surface area contributed by atoms with Crippen LogP contribution in [-0.2, 0) is 23.7 Å². The molecule has 3 aromatic rings. The molecule has 31 heavy (non-hydrogen) atoms. The molecule has 2 aliphatic rings. The van der Waals surface area contributed by atoms with Gasteiger partial charge >= 0.3 is 0 Å². The van der Waals surface area contributed by atoms with E-state index in [2.05, 4.69) is 22.5 Å². The standard InChI is InChI=1S/C25H26N4O2/c1-17-19(16-26-28(17)2)23(30)29-15-14-25(20-10-6-7-11-21(20)27-24(25)31)22(29)13-12-18-8-4-3-5-9-18/h3-11,16,22H,12-15H2,1-2H3,(H,27,31)/t22-,25-/m0/s1. The first-order chi connectivity index (χ1) is 15.0. The van der Waals surface area contributed by atoms with Crippen LogP contribution in [-0.4, -0.2) is 39.1 Å². The van der Waals surface area contributed by atoms with Gasteiger partial charge in [0.25, 0.3) is 5.91 Å². The Hall–Kier alpha value is -3.41. The van der Waals surface area contributed by atoms with E-state index in [1.165, 1.54) is 5.56 Å². The number of anilines is 1. The van der Waals surface area contributed by atoms with Gasteiger partial charge in [-0.1, -0.05) is 48.5 Å². The monoisotopic (exact) mass is 414 g/mol. The highest BCUT2D eigenvalue weighted by atomic mass is 16.2. The van der Waals surface area contributed by atoms with Crippen LogP contribution in [0, 0.1) is 6.92 Å². The highest BCUT2D eigenvalue weighted by Crippen LogP contribution is 2.49. The largest absolute Gasteiger partial charge is 0.334 e. The molecule has 1 spiro atoms. The molecule has 2 atom stereocenters. The van der Waals surface area contributed by atoms with Crippen molar-refractivity contribution in [3.8, 4) is 0 Å². The van der Waals surface area contributed by atoms with Crippen LogP contribution in [0.4, 0.5) is 5.69 Å². The Morgan fingerprint density at radius 1 is 1.16 bits per heavy atom. The van der Waals surface area contributed by atoms with E-state index in [1.807, 2.05) is 61.3 Å². The van der Waals surface area contributed by atoms with Gasteiger partial charge in [-0.05, 0) is 43.4 Å². The first-order valence-electron chi connectivity index (χ1n) is 10.8. The molecule has 3 heterocycles. The van der Waals surface area contributed by atoms with Crippen molar-refractivity contribution in [3.05, 3.63) is 83.2 Å². The lowest BCUT2D eigenvalue weighted by Crippen LogP contribution is -2.49. The summed E-state index contributed by atoms with van der Waals surface area (Å²) in [5, 5.41) is 7.34. The fraction of sp³-hybridized carbons (Fsp3) is 0.320. The van der Waals surface area contributed by atoms with Gasteiger partial charge in [0.15, 0.2) is 0 Å². The molecule has 0 radical (unpaired) electrons. The zero-order valence-electron chi connectivity index (χ0n) is 17.8. The predicted molar refractivity (Wildman–Crippen MR) is 119 cm³/mol. The lowest BCUT2D eigenvalue weighted by atomic mass is 9.73. The van der Waals surface area contributed by atoms with E-state index < -0.39 is 5.41 Å². The summed E-state index contributed by atoms with van der Waals surface area (Å²) in [5.74, 6) is -0.0392. The van der Waals surface area contributed by atoms with Crippen molar-refractivity contribution in [2.45, 2.75) is 37.6 Å². The Labute approximate surface area is 181 Å². The Balaban J connectivity index is 1.55. The zero-order chi connectivity index (χ0) is 21.6. The van der Waals surface area contributed by atoms with E-state index in [9.17, 15) is 9.59 Å². The van der Waals surface area contributed by atoms with Crippen LogP contribution in [0.25, 0.3) is 0 Å². The lowest BCUT2D eigenvalue weighted by molar-refractivity contribution is -0.121. The second kappa shape index (κ2) is 7.38. The first-order valence-corrected chi connectivity index (χ1v) is 10.8. The zero-order valence-corrected chi connectivity index (χ0v) is 17.8. The Morgan fingerprint density at radius 2 is 1.90 bits per heavy atom. The number of aryl methyl sites for hydroxylation is 2. The van der Waals surface area contributed by atoms with Crippen molar-refractivity contribution in [2.75, 3.05) is 11.9 Å². The summed E-state index contributed by atoms with van der Waals surface area (Å²) in [6, 6.07) is 17.9. The molecule has 5 rings (SSSR count). The molecule has 1 N–H and O–H groups in total. The van der Waals surface area contributed by atoms with E-state index in [-0.39, 0.29) is 17.9 Å². The molecular formula is C25H26N4O2. The number of amides is 2. The fourth-order valence-corrected chi connectivity index (χ4v) is 5.26. The van der Waals surface area contributed by atoms with Gasteiger partial charge in [0, 0.05) is 25.0 Å². The number of likely N-dealkylation sites (tertiary alicyclic amines) is 1. The molecular weight excluding hydrogens is 388 g/mol. The minimum absolute atomic E-state index is 0.00460. The summed E-state index contributed by atoms with van der Waals surface area (Å²) in [4.78, 5) is 28.9. The molecule has 6 nitrogen and oxygen atoms in total. The van der Waals surface area contributed by atoms with Crippen molar-refractivity contribution in [2.24, 2.45) is 7.05 Å². The summed E-state index contributed by atoms with van der Waals surface area (Å²) >= 11 is 0. The van der Waals surface area contributed by atoms with Gasteiger partial charge < -0.3 is 10.2 Å². The summed E-state index contributed by atoms with van der Waals surface area (Å²) in [6.45, 7) is 2.46. The third kappa shape index (κ3) is 2.97. The third-order valence-corrected chi connectivity index (χ3v) is 7.03. The normalized spacial score (nSPS) is 22.1. The van der Waals surface area contributed by atoms with Gasteiger partial charge in [0.05, 0.1) is 23.2 Å².